The van der Waals surface area contributed by atoms with E-state index in [0.29, 0.717) is 0 Å². The van der Waals surface area contributed by atoms with Crippen LogP contribution in [0.1, 0.15) is 49.7 Å². The van der Waals surface area contributed by atoms with E-state index in [1.807, 2.05) is 11.3 Å². The molecule has 0 aliphatic heterocycles. The molecule has 41 heavy (non-hydrogen) atoms. The fourth-order valence-electron chi connectivity index (χ4n) is 7.86. The molecule has 0 N–H and O–H groups in total. The van der Waals surface area contributed by atoms with E-state index in [1.54, 1.807) is 27.9 Å². The van der Waals surface area contributed by atoms with Gasteiger partial charge in [-0.05, 0) is 112 Å². The van der Waals surface area contributed by atoms with Crippen LogP contribution in [0.5, 0.6) is 0 Å². The first-order valence-corrected chi connectivity index (χ1v) is 16.1. The SMILES string of the molecule is C1=CC2=CC=C(C3=CC4=C(CC3)c3ccc(-c5cccc6c5sc5c7ccccc7ccc65)cc3CC4)CC2CC1. The van der Waals surface area contributed by atoms with Crippen LogP contribution in [0.2, 0.25) is 0 Å². The molecule has 1 heteroatoms. The minimum atomic E-state index is 0.728. The first-order chi connectivity index (χ1) is 20.3. The molecular weight excluding hydrogens is 513 g/mol. The number of rotatable bonds is 2. The normalized spacial score (nSPS) is 20.0. The summed E-state index contributed by atoms with van der Waals surface area (Å²) in [5, 5.41) is 5.44. The molecule has 0 saturated heterocycles. The smallest absolute Gasteiger partial charge is 0.0434 e. The number of hydrogen-bond acceptors (Lipinski definition) is 1. The van der Waals surface area contributed by atoms with Crippen molar-refractivity contribution in [2.75, 3.05) is 0 Å². The van der Waals surface area contributed by atoms with E-state index in [-0.39, 0.29) is 0 Å². The summed E-state index contributed by atoms with van der Waals surface area (Å²) in [6, 6.07) is 27.6. The topological polar surface area (TPSA) is 0 Å². The third kappa shape index (κ3) is 3.79. The Labute approximate surface area is 245 Å². The Balaban J connectivity index is 1.09. The van der Waals surface area contributed by atoms with Gasteiger partial charge in [0, 0.05) is 20.2 Å². The third-order valence-electron chi connectivity index (χ3n) is 9.99. The molecule has 0 bridgehead atoms. The summed E-state index contributed by atoms with van der Waals surface area (Å²) in [6.07, 6.45) is 20.5. The number of fused-ring (bicyclic) bond motifs is 8. The van der Waals surface area contributed by atoms with Crippen molar-refractivity contribution in [3.8, 4) is 11.1 Å². The first-order valence-electron chi connectivity index (χ1n) is 15.3. The molecule has 0 saturated carbocycles. The van der Waals surface area contributed by atoms with Gasteiger partial charge >= 0.3 is 0 Å². The predicted molar refractivity (Wildman–Crippen MR) is 177 cm³/mol. The summed E-state index contributed by atoms with van der Waals surface area (Å²) in [5.41, 5.74) is 13.7. The first kappa shape index (κ1) is 23.7. The maximum atomic E-state index is 2.57. The van der Waals surface area contributed by atoms with Gasteiger partial charge in [0.2, 0.25) is 0 Å². The summed E-state index contributed by atoms with van der Waals surface area (Å²) in [5.74, 6) is 0.728. The maximum absolute atomic E-state index is 2.57. The largest absolute Gasteiger partial charge is 0.134 e. The van der Waals surface area contributed by atoms with Crippen LogP contribution >= 0.6 is 11.3 Å². The Kier molecular flexibility index (Phi) is 5.38. The van der Waals surface area contributed by atoms with E-state index >= 15 is 0 Å². The van der Waals surface area contributed by atoms with Crippen molar-refractivity contribution in [2.45, 2.75) is 44.9 Å². The predicted octanol–water partition coefficient (Wildman–Crippen LogP) is 11.5. The van der Waals surface area contributed by atoms with Gasteiger partial charge in [0.15, 0.2) is 0 Å². The van der Waals surface area contributed by atoms with Crippen LogP contribution in [-0.4, -0.2) is 0 Å². The van der Waals surface area contributed by atoms with Crippen molar-refractivity contribution in [3.05, 3.63) is 137 Å². The molecule has 4 aliphatic rings. The van der Waals surface area contributed by atoms with Crippen molar-refractivity contribution in [1.82, 2.24) is 0 Å². The van der Waals surface area contributed by atoms with E-state index in [0.717, 1.165) is 18.8 Å². The lowest BCUT2D eigenvalue weighted by Gasteiger charge is -2.31. The van der Waals surface area contributed by atoms with Gasteiger partial charge in [0.1, 0.15) is 0 Å². The van der Waals surface area contributed by atoms with E-state index in [1.165, 1.54) is 85.3 Å². The van der Waals surface area contributed by atoms with Crippen molar-refractivity contribution in [1.29, 1.82) is 0 Å². The Morgan fingerprint density at radius 1 is 0.683 bits per heavy atom. The maximum Gasteiger partial charge on any atom is 0.0434 e. The van der Waals surface area contributed by atoms with Crippen molar-refractivity contribution in [3.63, 3.8) is 0 Å². The van der Waals surface area contributed by atoms with Gasteiger partial charge in [0.25, 0.3) is 0 Å². The summed E-state index contributed by atoms with van der Waals surface area (Å²) >= 11 is 1.96. The van der Waals surface area contributed by atoms with Crippen molar-refractivity contribution >= 4 is 47.9 Å². The minimum Gasteiger partial charge on any atom is -0.134 e. The average Bonchev–Trinajstić information content (AvgIpc) is 3.43. The van der Waals surface area contributed by atoms with Gasteiger partial charge in [-0.3, -0.25) is 0 Å². The number of aryl methyl sites for hydroxylation is 1. The van der Waals surface area contributed by atoms with Gasteiger partial charge in [-0.25, -0.2) is 0 Å². The van der Waals surface area contributed by atoms with Crippen LogP contribution in [0, 0.1) is 5.92 Å². The molecule has 1 unspecified atom stereocenters. The number of benzene rings is 4. The van der Waals surface area contributed by atoms with Crippen LogP contribution in [0.3, 0.4) is 0 Å². The Morgan fingerprint density at radius 3 is 2.61 bits per heavy atom. The molecule has 1 atom stereocenters. The lowest BCUT2D eigenvalue weighted by molar-refractivity contribution is 0.552. The molecule has 9 rings (SSSR count). The van der Waals surface area contributed by atoms with E-state index in [4.69, 9.17) is 0 Å². The highest BCUT2D eigenvalue weighted by atomic mass is 32.1. The van der Waals surface area contributed by atoms with Gasteiger partial charge < -0.3 is 0 Å². The fourth-order valence-corrected chi connectivity index (χ4v) is 9.23. The van der Waals surface area contributed by atoms with Crippen LogP contribution in [0.25, 0.3) is 47.6 Å². The molecule has 4 aromatic carbocycles. The molecule has 5 aromatic rings. The Bertz CT molecular complexity index is 2070. The highest BCUT2D eigenvalue weighted by Gasteiger charge is 2.26. The van der Waals surface area contributed by atoms with E-state index in [2.05, 4.69) is 103 Å². The van der Waals surface area contributed by atoms with Gasteiger partial charge in [-0.1, -0.05) is 103 Å². The van der Waals surface area contributed by atoms with Crippen LogP contribution in [-0.2, 0) is 6.42 Å². The average molecular weight is 545 g/mol. The van der Waals surface area contributed by atoms with E-state index in [9.17, 15) is 0 Å². The number of hydrogen-bond donors (Lipinski definition) is 0. The second kappa shape index (κ2) is 9.29. The van der Waals surface area contributed by atoms with Gasteiger partial charge in [-0.15, -0.1) is 11.3 Å². The van der Waals surface area contributed by atoms with Crippen LogP contribution in [0.15, 0.2) is 125 Å². The summed E-state index contributed by atoms with van der Waals surface area (Å²) in [6.45, 7) is 0. The number of thiophene rings is 1. The highest BCUT2D eigenvalue weighted by Crippen LogP contribution is 2.46. The molecule has 0 amide bonds. The molecule has 1 heterocycles. The summed E-state index contributed by atoms with van der Waals surface area (Å²) < 4.78 is 2.81. The van der Waals surface area contributed by atoms with Gasteiger partial charge in [-0.2, -0.15) is 0 Å². The Morgan fingerprint density at radius 2 is 1.61 bits per heavy atom. The van der Waals surface area contributed by atoms with E-state index < -0.39 is 0 Å². The molecular formula is C40H32S. The molecule has 0 fully saturated rings. The number of allylic oxidation sites excluding steroid dienone is 10. The zero-order valence-electron chi connectivity index (χ0n) is 23.3. The standard InChI is InChI=1S/C40H32S/c1-2-8-27-22-28(13-12-25(27)6-1)29-17-19-33-30(23-29)14-15-31-24-32(18-20-34(31)33)36-10-5-11-37-38-21-16-26-7-3-4-9-35(26)39(38)41-40(36)37/h1,3-7,9-13,16,18,20-21,23-24,27H,2,8,14-15,17,19,22H2. The third-order valence-corrected chi connectivity index (χ3v) is 11.3. The lowest BCUT2D eigenvalue weighted by Crippen LogP contribution is -2.14. The zero-order valence-corrected chi connectivity index (χ0v) is 24.1. The molecule has 0 radical (unpaired) electrons. The summed E-state index contributed by atoms with van der Waals surface area (Å²) in [7, 11) is 0. The van der Waals surface area contributed by atoms with Crippen molar-refractivity contribution in [2.24, 2.45) is 5.92 Å². The monoisotopic (exact) mass is 544 g/mol. The second-order valence-electron chi connectivity index (χ2n) is 12.2. The van der Waals surface area contributed by atoms with Crippen LogP contribution in [0.4, 0.5) is 0 Å². The fraction of sp³-hybridized carbons (Fsp3) is 0.200. The van der Waals surface area contributed by atoms with Crippen LogP contribution < -0.4 is 0 Å². The molecule has 1 aromatic heterocycles. The summed E-state index contributed by atoms with van der Waals surface area (Å²) in [4.78, 5) is 0. The van der Waals surface area contributed by atoms with Gasteiger partial charge in [0.05, 0.1) is 0 Å². The lowest BCUT2D eigenvalue weighted by atomic mass is 9.74. The minimum absolute atomic E-state index is 0.728. The molecule has 198 valence electrons. The quantitative estimate of drug-likeness (QED) is 0.207. The molecule has 0 nitrogen and oxygen atoms in total. The molecule has 4 aliphatic carbocycles. The zero-order chi connectivity index (χ0) is 26.9. The van der Waals surface area contributed by atoms with Crippen molar-refractivity contribution < 1.29 is 0 Å². The Hall–Kier alpha value is -3.94. The molecule has 0 spiro atoms. The second-order valence-corrected chi connectivity index (χ2v) is 13.3. The highest BCUT2D eigenvalue weighted by molar-refractivity contribution is 7.27.